The number of carbonyl (C=O) groups excluding carboxylic acids is 1. The summed E-state index contributed by atoms with van der Waals surface area (Å²) in [5.74, 6) is 1.09. The second-order valence-corrected chi connectivity index (χ2v) is 7.56. The van der Waals surface area contributed by atoms with Crippen molar-refractivity contribution in [1.29, 1.82) is 0 Å². The van der Waals surface area contributed by atoms with Crippen LogP contribution in [0.3, 0.4) is 0 Å². The molecule has 0 fully saturated rings. The van der Waals surface area contributed by atoms with Gasteiger partial charge in [0.25, 0.3) is 5.91 Å². The summed E-state index contributed by atoms with van der Waals surface area (Å²) in [6.07, 6.45) is 0.939. The van der Waals surface area contributed by atoms with Gasteiger partial charge in [0, 0.05) is 22.2 Å². The van der Waals surface area contributed by atoms with E-state index in [2.05, 4.69) is 18.3 Å². The predicted molar refractivity (Wildman–Crippen MR) is 127 cm³/mol. The van der Waals surface area contributed by atoms with Gasteiger partial charge in [-0.3, -0.25) is 4.79 Å². The van der Waals surface area contributed by atoms with E-state index in [1.165, 1.54) is 0 Å². The first kappa shape index (κ1) is 19.8. The summed E-state index contributed by atoms with van der Waals surface area (Å²) in [5.41, 5.74) is 3.60. The summed E-state index contributed by atoms with van der Waals surface area (Å²) in [7, 11) is 0. The topological polar surface area (TPSA) is 64.4 Å². The van der Waals surface area contributed by atoms with Crippen molar-refractivity contribution < 1.29 is 13.9 Å². The van der Waals surface area contributed by atoms with Crippen LogP contribution >= 0.6 is 0 Å². The number of hydrogen-bond donors (Lipinski definition) is 1. The Morgan fingerprint density at radius 3 is 2.66 bits per heavy atom. The summed E-state index contributed by atoms with van der Waals surface area (Å²) >= 11 is 0. The van der Waals surface area contributed by atoms with Gasteiger partial charge in [-0.2, -0.15) is 0 Å². The van der Waals surface area contributed by atoms with Gasteiger partial charge in [-0.1, -0.05) is 43.3 Å². The van der Waals surface area contributed by atoms with E-state index in [0.29, 0.717) is 23.7 Å². The Labute approximate surface area is 185 Å². The largest absolute Gasteiger partial charge is 0.494 e. The Morgan fingerprint density at radius 2 is 1.81 bits per heavy atom. The third-order valence-corrected chi connectivity index (χ3v) is 5.24. The van der Waals surface area contributed by atoms with Crippen LogP contribution in [0.2, 0.25) is 0 Å². The second-order valence-electron chi connectivity index (χ2n) is 7.56. The van der Waals surface area contributed by atoms with Gasteiger partial charge in [-0.25, -0.2) is 4.98 Å². The molecule has 0 spiro atoms. The highest BCUT2D eigenvalue weighted by atomic mass is 16.5. The number of benzene rings is 4. The molecule has 5 heteroatoms. The fourth-order valence-electron chi connectivity index (χ4n) is 3.64. The van der Waals surface area contributed by atoms with Gasteiger partial charge in [-0.15, -0.1) is 0 Å². The molecule has 0 aliphatic heterocycles. The maximum atomic E-state index is 12.7. The Morgan fingerprint density at radius 1 is 0.969 bits per heavy atom. The summed E-state index contributed by atoms with van der Waals surface area (Å²) in [6, 6.07) is 26.7. The van der Waals surface area contributed by atoms with Crippen LogP contribution < -0.4 is 10.1 Å². The SMILES string of the molecule is CCCOc1ccc(C(=O)Nc2cccc(-c3nc4c(ccc5ccccc54)o3)c2)cc1. The highest BCUT2D eigenvalue weighted by molar-refractivity contribution is 6.05. The first-order valence-electron chi connectivity index (χ1n) is 10.6. The fourth-order valence-corrected chi connectivity index (χ4v) is 3.64. The molecule has 0 saturated carbocycles. The Kier molecular flexibility index (Phi) is 5.30. The van der Waals surface area contributed by atoms with Crippen molar-refractivity contribution in [2.45, 2.75) is 13.3 Å². The van der Waals surface area contributed by atoms with E-state index in [-0.39, 0.29) is 5.91 Å². The van der Waals surface area contributed by atoms with Crippen LogP contribution in [0.25, 0.3) is 33.3 Å². The van der Waals surface area contributed by atoms with Gasteiger partial charge in [-0.05, 0) is 60.3 Å². The smallest absolute Gasteiger partial charge is 0.255 e. The van der Waals surface area contributed by atoms with Gasteiger partial charge < -0.3 is 14.5 Å². The maximum Gasteiger partial charge on any atom is 0.255 e. The molecule has 0 radical (unpaired) electrons. The first-order chi connectivity index (χ1) is 15.7. The van der Waals surface area contributed by atoms with Crippen molar-refractivity contribution in [2.24, 2.45) is 0 Å². The molecule has 1 aromatic heterocycles. The minimum atomic E-state index is -0.187. The molecule has 1 heterocycles. The number of aromatic nitrogens is 1. The van der Waals surface area contributed by atoms with Crippen LogP contribution in [-0.2, 0) is 0 Å². The Bertz CT molecular complexity index is 1400. The fraction of sp³-hybridized carbons (Fsp3) is 0.111. The van der Waals surface area contributed by atoms with E-state index in [1.54, 1.807) is 12.1 Å². The van der Waals surface area contributed by atoms with Crippen LogP contribution in [0.1, 0.15) is 23.7 Å². The van der Waals surface area contributed by atoms with Crippen molar-refractivity contribution in [1.82, 2.24) is 4.98 Å². The molecule has 5 aromatic rings. The van der Waals surface area contributed by atoms with E-state index in [4.69, 9.17) is 14.1 Å². The highest BCUT2D eigenvalue weighted by Gasteiger charge is 2.12. The number of nitrogens with zero attached hydrogens (tertiary/aromatic N) is 1. The average Bonchev–Trinajstić information content (AvgIpc) is 3.28. The van der Waals surface area contributed by atoms with E-state index in [1.807, 2.05) is 66.7 Å². The van der Waals surface area contributed by atoms with Crippen LogP contribution in [0, 0.1) is 0 Å². The molecule has 1 amide bonds. The molecule has 0 aliphatic rings. The second kappa shape index (κ2) is 8.55. The van der Waals surface area contributed by atoms with Gasteiger partial charge in [0.2, 0.25) is 5.89 Å². The molecule has 4 aromatic carbocycles. The minimum Gasteiger partial charge on any atom is -0.494 e. The average molecular weight is 422 g/mol. The zero-order valence-corrected chi connectivity index (χ0v) is 17.7. The lowest BCUT2D eigenvalue weighted by atomic mass is 10.1. The van der Waals surface area contributed by atoms with Crippen molar-refractivity contribution in [2.75, 3.05) is 11.9 Å². The molecule has 32 heavy (non-hydrogen) atoms. The highest BCUT2D eigenvalue weighted by Crippen LogP contribution is 2.30. The summed E-state index contributed by atoms with van der Waals surface area (Å²) in [4.78, 5) is 17.4. The monoisotopic (exact) mass is 422 g/mol. The molecular weight excluding hydrogens is 400 g/mol. The van der Waals surface area contributed by atoms with E-state index in [0.717, 1.165) is 39.6 Å². The molecule has 1 N–H and O–H groups in total. The third kappa shape index (κ3) is 3.93. The number of rotatable bonds is 6. The van der Waals surface area contributed by atoms with E-state index in [9.17, 15) is 4.79 Å². The zero-order valence-electron chi connectivity index (χ0n) is 17.7. The molecular formula is C27H22N2O3. The number of oxazole rings is 1. The minimum absolute atomic E-state index is 0.187. The van der Waals surface area contributed by atoms with Crippen molar-refractivity contribution in [3.63, 3.8) is 0 Å². The molecule has 5 rings (SSSR count). The lowest BCUT2D eigenvalue weighted by molar-refractivity contribution is 0.102. The van der Waals surface area contributed by atoms with Crippen LogP contribution in [0.5, 0.6) is 5.75 Å². The quantitative estimate of drug-likeness (QED) is 0.331. The number of ether oxygens (including phenoxy) is 1. The molecule has 0 bridgehead atoms. The molecule has 0 unspecified atom stereocenters. The van der Waals surface area contributed by atoms with Crippen molar-refractivity contribution in [3.05, 3.63) is 90.5 Å². The summed E-state index contributed by atoms with van der Waals surface area (Å²) in [5, 5.41) is 5.11. The molecule has 5 nitrogen and oxygen atoms in total. The lowest BCUT2D eigenvalue weighted by Gasteiger charge is -2.08. The Hall–Kier alpha value is -4.12. The van der Waals surface area contributed by atoms with E-state index >= 15 is 0 Å². The van der Waals surface area contributed by atoms with Gasteiger partial charge in [0.15, 0.2) is 5.58 Å². The Balaban J connectivity index is 1.39. The number of amides is 1. The molecule has 158 valence electrons. The maximum absolute atomic E-state index is 12.7. The number of hydrogen-bond acceptors (Lipinski definition) is 4. The molecule has 0 saturated heterocycles. The van der Waals surface area contributed by atoms with Gasteiger partial charge in [0.05, 0.1) is 6.61 Å². The summed E-state index contributed by atoms with van der Waals surface area (Å²) in [6.45, 7) is 2.71. The standard InChI is InChI=1S/C27H22N2O3/c1-2-16-31-22-13-10-19(11-14-22)26(30)28-21-8-5-7-20(17-21)27-29-25-23-9-4-3-6-18(23)12-15-24(25)32-27/h3-15,17H,2,16H2,1H3,(H,28,30). The van der Waals surface area contributed by atoms with Crippen molar-refractivity contribution in [3.8, 4) is 17.2 Å². The van der Waals surface area contributed by atoms with Gasteiger partial charge in [0.1, 0.15) is 11.3 Å². The van der Waals surface area contributed by atoms with Crippen LogP contribution in [0.4, 0.5) is 5.69 Å². The number of nitrogens with one attached hydrogen (secondary N) is 1. The molecule has 0 atom stereocenters. The van der Waals surface area contributed by atoms with Gasteiger partial charge >= 0.3 is 0 Å². The normalized spacial score (nSPS) is 11.0. The third-order valence-electron chi connectivity index (χ3n) is 5.24. The number of anilines is 1. The van der Waals surface area contributed by atoms with E-state index < -0.39 is 0 Å². The summed E-state index contributed by atoms with van der Waals surface area (Å²) < 4.78 is 11.6. The van der Waals surface area contributed by atoms with Crippen molar-refractivity contribution >= 4 is 33.5 Å². The van der Waals surface area contributed by atoms with Crippen LogP contribution in [0.15, 0.2) is 89.3 Å². The first-order valence-corrected chi connectivity index (χ1v) is 10.6. The predicted octanol–water partition coefficient (Wildman–Crippen LogP) is 6.69. The zero-order chi connectivity index (χ0) is 21.9. The molecule has 0 aliphatic carbocycles. The number of carbonyl (C=O) groups is 1. The number of fused-ring (bicyclic) bond motifs is 3. The lowest BCUT2D eigenvalue weighted by Crippen LogP contribution is -2.11. The van der Waals surface area contributed by atoms with Crippen LogP contribution in [-0.4, -0.2) is 17.5 Å².